The summed E-state index contributed by atoms with van der Waals surface area (Å²) in [6, 6.07) is 6.07. The minimum absolute atomic E-state index is 0.0881. The highest BCUT2D eigenvalue weighted by atomic mass is 16.5. The largest absolute Gasteiger partial charge is 0.379 e. The van der Waals surface area contributed by atoms with Crippen LogP contribution >= 0.6 is 0 Å². The van der Waals surface area contributed by atoms with Crippen LogP contribution in [0.25, 0.3) is 11.0 Å². The highest BCUT2D eigenvalue weighted by molar-refractivity contribution is 5.97. The fourth-order valence-electron chi connectivity index (χ4n) is 3.86. The average molecular weight is 329 g/mol. The van der Waals surface area contributed by atoms with Crippen molar-refractivity contribution >= 4 is 16.9 Å². The van der Waals surface area contributed by atoms with Crippen LogP contribution in [0.3, 0.4) is 0 Å². The van der Waals surface area contributed by atoms with Gasteiger partial charge in [-0.05, 0) is 24.1 Å². The van der Waals surface area contributed by atoms with E-state index in [1.165, 1.54) is 0 Å². The van der Waals surface area contributed by atoms with Gasteiger partial charge in [-0.2, -0.15) is 0 Å². The Bertz CT molecular complexity index is 753. The minimum Gasteiger partial charge on any atom is -0.379 e. The number of aromatic nitrogens is 3. The van der Waals surface area contributed by atoms with E-state index in [0.29, 0.717) is 17.5 Å². The van der Waals surface area contributed by atoms with Crippen LogP contribution in [-0.4, -0.2) is 76.1 Å². The number of carbonyl (C=O) groups is 1. The summed E-state index contributed by atoms with van der Waals surface area (Å²) in [5.74, 6) is 0.567. The number of hydrogen-bond acceptors (Lipinski definition) is 5. The van der Waals surface area contributed by atoms with Crippen LogP contribution in [0.1, 0.15) is 17.3 Å². The van der Waals surface area contributed by atoms with Gasteiger partial charge in [-0.1, -0.05) is 12.1 Å². The van der Waals surface area contributed by atoms with Gasteiger partial charge < -0.3 is 9.64 Å². The van der Waals surface area contributed by atoms with Crippen molar-refractivity contribution in [1.29, 1.82) is 0 Å². The Morgan fingerprint density at radius 1 is 1.25 bits per heavy atom. The minimum atomic E-state index is 0.0881. The molecule has 2 aliphatic rings. The summed E-state index contributed by atoms with van der Waals surface area (Å²) in [6.45, 7) is 7.34. The molecule has 2 fully saturated rings. The number of morpholine rings is 1. The zero-order valence-corrected chi connectivity index (χ0v) is 14.2. The van der Waals surface area contributed by atoms with E-state index in [9.17, 15) is 4.79 Å². The smallest absolute Gasteiger partial charge is 0.253 e. The molecule has 7 heteroatoms. The van der Waals surface area contributed by atoms with Crippen LogP contribution < -0.4 is 0 Å². The van der Waals surface area contributed by atoms with Gasteiger partial charge in [0.15, 0.2) is 0 Å². The van der Waals surface area contributed by atoms with E-state index in [1.807, 2.05) is 30.1 Å². The Hall–Kier alpha value is -1.99. The molecule has 2 aromatic rings. The fraction of sp³-hybridized carbons (Fsp3) is 0.588. The van der Waals surface area contributed by atoms with Gasteiger partial charge in [-0.3, -0.25) is 9.69 Å². The van der Waals surface area contributed by atoms with E-state index >= 15 is 0 Å². The summed E-state index contributed by atoms with van der Waals surface area (Å²) >= 11 is 0. The van der Waals surface area contributed by atoms with E-state index in [2.05, 4.69) is 22.1 Å². The van der Waals surface area contributed by atoms with Gasteiger partial charge in [0.2, 0.25) is 0 Å². The van der Waals surface area contributed by atoms with Crippen molar-refractivity contribution in [3.63, 3.8) is 0 Å². The van der Waals surface area contributed by atoms with E-state index in [4.69, 9.17) is 4.74 Å². The van der Waals surface area contributed by atoms with Crippen molar-refractivity contribution in [2.75, 3.05) is 39.4 Å². The summed E-state index contributed by atoms with van der Waals surface area (Å²) in [5.41, 5.74) is 2.39. The zero-order valence-electron chi connectivity index (χ0n) is 14.2. The van der Waals surface area contributed by atoms with Gasteiger partial charge in [-0.15, -0.1) is 5.10 Å². The summed E-state index contributed by atoms with van der Waals surface area (Å²) in [6.07, 6.45) is 0. The van der Waals surface area contributed by atoms with E-state index in [-0.39, 0.29) is 5.91 Å². The van der Waals surface area contributed by atoms with Crippen molar-refractivity contribution in [1.82, 2.24) is 24.8 Å². The SMILES string of the molecule is CC1CN(C(=O)c2ccc3c(c2)nnn3C)CC1N1CCOCC1. The molecule has 1 amide bonds. The first-order valence-corrected chi connectivity index (χ1v) is 8.54. The standard InChI is InChI=1S/C17H23N5O2/c1-12-10-22(11-16(12)21-5-7-24-8-6-21)17(23)13-3-4-15-14(9-13)18-19-20(15)2/h3-4,9,12,16H,5-8,10-11H2,1-2H3. The molecule has 0 bridgehead atoms. The third-order valence-electron chi connectivity index (χ3n) is 5.23. The molecular formula is C17H23N5O2. The summed E-state index contributed by atoms with van der Waals surface area (Å²) in [4.78, 5) is 17.3. The normalized spacial score (nSPS) is 25.5. The first-order chi connectivity index (χ1) is 11.6. The van der Waals surface area contributed by atoms with Crippen molar-refractivity contribution < 1.29 is 9.53 Å². The number of rotatable bonds is 2. The Morgan fingerprint density at radius 2 is 2.04 bits per heavy atom. The van der Waals surface area contributed by atoms with Crippen LogP contribution in [0.4, 0.5) is 0 Å². The molecule has 2 unspecified atom stereocenters. The van der Waals surface area contributed by atoms with Gasteiger partial charge in [0.05, 0.1) is 18.7 Å². The molecule has 0 saturated carbocycles. The second-order valence-corrected chi connectivity index (χ2v) is 6.82. The first-order valence-electron chi connectivity index (χ1n) is 8.54. The predicted molar refractivity (Wildman–Crippen MR) is 89.8 cm³/mol. The molecular weight excluding hydrogens is 306 g/mol. The van der Waals surface area contributed by atoms with Crippen LogP contribution in [0.15, 0.2) is 18.2 Å². The first kappa shape index (κ1) is 15.5. The molecule has 2 atom stereocenters. The summed E-state index contributed by atoms with van der Waals surface area (Å²) in [5, 5.41) is 8.11. The number of likely N-dealkylation sites (tertiary alicyclic amines) is 1. The predicted octanol–water partition coefficient (Wildman–Crippen LogP) is 0.761. The second-order valence-electron chi connectivity index (χ2n) is 6.82. The van der Waals surface area contributed by atoms with E-state index in [1.54, 1.807) is 4.68 Å². The number of aryl methyl sites for hydroxylation is 1. The molecule has 0 N–H and O–H groups in total. The maximum absolute atomic E-state index is 12.9. The lowest BCUT2D eigenvalue weighted by Gasteiger charge is -2.33. The third kappa shape index (κ3) is 2.67. The van der Waals surface area contributed by atoms with Gasteiger partial charge in [-0.25, -0.2) is 4.68 Å². The number of amides is 1. The number of nitrogens with zero attached hydrogens (tertiary/aromatic N) is 5. The van der Waals surface area contributed by atoms with E-state index < -0.39 is 0 Å². The monoisotopic (exact) mass is 329 g/mol. The molecule has 3 heterocycles. The van der Waals surface area contributed by atoms with Crippen molar-refractivity contribution in [2.24, 2.45) is 13.0 Å². The van der Waals surface area contributed by atoms with Gasteiger partial charge in [0, 0.05) is 44.8 Å². The highest BCUT2D eigenvalue weighted by Crippen LogP contribution is 2.25. The number of carbonyl (C=O) groups excluding carboxylic acids is 1. The molecule has 0 radical (unpaired) electrons. The van der Waals surface area contributed by atoms with Gasteiger partial charge >= 0.3 is 0 Å². The van der Waals surface area contributed by atoms with Crippen molar-refractivity contribution in [3.8, 4) is 0 Å². The van der Waals surface area contributed by atoms with Gasteiger partial charge in [0.25, 0.3) is 5.91 Å². The zero-order chi connectivity index (χ0) is 16.7. The summed E-state index contributed by atoms with van der Waals surface area (Å²) < 4.78 is 7.16. The van der Waals surface area contributed by atoms with Crippen LogP contribution in [-0.2, 0) is 11.8 Å². The van der Waals surface area contributed by atoms with Gasteiger partial charge in [0.1, 0.15) is 5.52 Å². The Morgan fingerprint density at radius 3 is 2.83 bits per heavy atom. The Balaban J connectivity index is 1.51. The number of hydrogen-bond donors (Lipinski definition) is 0. The lowest BCUT2D eigenvalue weighted by Crippen LogP contribution is -2.47. The highest BCUT2D eigenvalue weighted by Gasteiger charge is 2.36. The number of ether oxygens (including phenoxy) is 1. The van der Waals surface area contributed by atoms with Crippen LogP contribution in [0, 0.1) is 5.92 Å². The lowest BCUT2D eigenvalue weighted by atomic mass is 10.0. The molecule has 4 rings (SSSR count). The quantitative estimate of drug-likeness (QED) is 0.814. The lowest BCUT2D eigenvalue weighted by molar-refractivity contribution is 0.0119. The molecule has 1 aromatic carbocycles. The average Bonchev–Trinajstić information content (AvgIpc) is 3.18. The fourth-order valence-corrected chi connectivity index (χ4v) is 3.86. The Labute approximate surface area is 141 Å². The second kappa shape index (κ2) is 6.14. The van der Waals surface area contributed by atoms with Crippen LogP contribution in [0.5, 0.6) is 0 Å². The Kier molecular flexibility index (Phi) is 3.97. The third-order valence-corrected chi connectivity index (χ3v) is 5.23. The molecule has 2 saturated heterocycles. The topological polar surface area (TPSA) is 63.5 Å². The van der Waals surface area contributed by atoms with Crippen molar-refractivity contribution in [3.05, 3.63) is 23.8 Å². The molecule has 128 valence electrons. The molecule has 24 heavy (non-hydrogen) atoms. The van der Waals surface area contributed by atoms with Crippen LogP contribution in [0.2, 0.25) is 0 Å². The summed E-state index contributed by atoms with van der Waals surface area (Å²) in [7, 11) is 1.85. The molecule has 0 spiro atoms. The maximum atomic E-state index is 12.9. The molecule has 2 aliphatic heterocycles. The van der Waals surface area contributed by atoms with E-state index in [0.717, 1.165) is 50.4 Å². The molecule has 1 aromatic heterocycles. The maximum Gasteiger partial charge on any atom is 0.253 e. The molecule has 7 nitrogen and oxygen atoms in total. The number of benzene rings is 1. The molecule has 0 aliphatic carbocycles. The number of fused-ring (bicyclic) bond motifs is 1. The van der Waals surface area contributed by atoms with Crippen molar-refractivity contribution in [2.45, 2.75) is 13.0 Å².